The lowest BCUT2D eigenvalue weighted by Gasteiger charge is -2.13. The van der Waals surface area contributed by atoms with Crippen LogP contribution in [0.1, 0.15) is 59.0 Å². The predicted octanol–water partition coefficient (Wildman–Crippen LogP) is 8.30. The number of nitriles is 1. The van der Waals surface area contributed by atoms with Crippen LogP contribution in [0, 0.1) is 28.6 Å². The molecule has 4 rings (SSSR count). The molecule has 0 bridgehead atoms. The molecule has 52 heavy (non-hydrogen) atoms. The Balaban J connectivity index is 0.000000304. The molecule has 0 saturated heterocycles. The van der Waals surface area contributed by atoms with Crippen molar-refractivity contribution in [1.82, 2.24) is 19.7 Å². The van der Waals surface area contributed by atoms with Gasteiger partial charge in [-0.25, -0.2) is 9.78 Å². The number of hydrogen-bond acceptors (Lipinski definition) is 10. The molecule has 1 amide bonds. The van der Waals surface area contributed by atoms with E-state index in [0.29, 0.717) is 34.7 Å². The smallest absolute Gasteiger partial charge is 0.426 e. The monoisotopic (exact) mass is 763 g/mol. The van der Waals surface area contributed by atoms with Gasteiger partial charge in [-0.05, 0) is 42.5 Å². The Kier molecular flexibility index (Phi) is 13.9. The van der Waals surface area contributed by atoms with E-state index in [9.17, 15) is 32.8 Å². The Hall–Kier alpha value is -4.55. The van der Waals surface area contributed by atoms with Gasteiger partial charge in [-0.2, -0.15) is 23.1 Å². The molecule has 1 aromatic heterocycles. The molecule has 0 radical (unpaired) electrons. The molecule has 1 heterocycles. The molecular formula is C36H41ClF3N5O6S. The van der Waals surface area contributed by atoms with Gasteiger partial charge in [-0.15, -0.1) is 5.10 Å². The van der Waals surface area contributed by atoms with Crippen LogP contribution < -0.4 is 4.74 Å². The molecule has 1 saturated carbocycles. The normalized spacial score (nSPS) is 17.1. The Morgan fingerprint density at radius 1 is 1.10 bits per heavy atom. The lowest BCUT2D eigenvalue weighted by molar-refractivity contribution is -0.149. The van der Waals surface area contributed by atoms with Crippen molar-refractivity contribution in [3.63, 3.8) is 0 Å². The van der Waals surface area contributed by atoms with Crippen LogP contribution in [0.2, 0.25) is 0 Å². The van der Waals surface area contributed by atoms with E-state index in [1.807, 2.05) is 45.0 Å². The van der Waals surface area contributed by atoms with Gasteiger partial charge in [0.25, 0.3) is 0 Å². The molecule has 0 N–H and O–H groups in total. The lowest BCUT2D eigenvalue weighted by Crippen LogP contribution is -2.29. The summed E-state index contributed by atoms with van der Waals surface area (Å²) in [7, 11) is 3.28. The zero-order valence-corrected chi connectivity index (χ0v) is 31.6. The van der Waals surface area contributed by atoms with Crippen molar-refractivity contribution in [2.24, 2.45) is 17.3 Å². The summed E-state index contributed by atoms with van der Waals surface area (Å²) in [6.45, 7) is 11.3. The van der Waals surface area contributed by atoms with Crippen molar-refractivity contribution in [3.8, 4) is 17.6 Å². The number of hydrogen-bond donors (Lipinski definition) is 0. The second-order valence-corrected chi connectivity index (χ2v) is 14.8. The van der Waals surface area contributed by atoms with E-state index in [2.05, 4.69) is 10.1 Å². The summed E-state index contributed by atoms with van der Waals surface area (Å²) in [6, 6.07) is 17.1. The fourth-order valence-corrected chi connectivity index (χ4v) is 5.62. The van der Waals surface area contributed by atoms with E-state index in [4.69, 9.17) is 25.8 Å². The molecule has 0 aliphatic heterocycles. The molecule has 11 nitrogen and oxygen atoms in total. The van der Waals surface area contributed by atoms with E-state index < -0.39 is 40.5 Å². The van der Waals surface area contributed by atoms with Crippen LogP contribution in [0.3, 0.4) is 0 Å². The first-order chi connectivity index (χ1) is 24.2. The number of aromatic nitrogens is 3. The number of allylic oxidation sites excluding steroid dienone is 2. The zero-order chi connectivity index (χ0) is 39.0. The van der Waals surface area contributed by atoms with Crippen LogP contribution >= 0.6 is 23.4 Å². The van der Waals surface area contributed by atoms with Crippen molar-refractivity contribution >= 4 is 41.3 Å². The largest absolute Gasteiger partial charge is 0.465 e. The third-order valence-electron chi connectivity index (χ3n) is 7.69. The fraction of sp³-hybridized carbons (Fsp3) is 0.444. The number of alkyl halides is 3. The summed E-state index contributed by atoms with van der Waals surface area (Å²) in [6.07, 6.45) is -5.07. The number of para-hydroxylation sites is 1. The molecular weight excluding hydrogens is 723 g/mol. The van der Waals surface area contributed by atoms with E-state index >= 15 is 0 Å². The average molecular weight is 764 g/mol. The van der Waals surface area contributed by atoms with E-state index in [1.165, 1.54) is 9.58 Å². The number of amides is 1. The maximum absolute atomic E-state index is 12.7. The van der Waals surface area contributed by atoms with Crippen molar-refractivity contribution in [2.75, 3.05) is 26.5 Å². The van der Waals surface area contributed by atoms with Gasteiger partial charge in [0.2, 0.25) is 6.10 Å². The standard InChI is InChI=1S/C23H19ClF3NO3.C13H22N4O3S/c1-22(2)17(12-19(24)23(25,26)27)20(22)21(29)31-18(13-28)14-7-6-10-16(11-14)30-15-8-4-3-5-9-15;1-7-20-9(18)8-21-11-14-10(13(2,3)4)15-17(11)12(19)16(5)6/h3-12,17-18,20H,1-2H3;7-8H2,1-6H3/b19-12-;/t17-,18?,20-;/m0./s1. The molecule has 3 atom stereocenters. The number of thioether (sulfide) groups is 1. The predicted molar refractivity (Wildman–Crippen MR) is 189 cm³/mol. The molecule has 280 valence electrons. The summed E-state index contributed by atoms with van der Waals surface area (Å²) < 4.78 is 55.3. The SMILES string of the molecule is CC1(C)[C@H](C(=O)OC(C#N)c2cccc(Oc3ccccc3)c2)[C@@H]1/C=C(\Cl)C(F)(F)F.CCOC(=O)CSc1nc(C(C)(C)C)nn1C(=O)N(C)C. The molecule has 1 aliphatic carbocycles. The Bertz CT molecular complexity index is 1800. The summed E-state index contributed by atoms with van der Waals surface area (Å²) in [5.74, 6) is -0.957. The van der Waals surface area contributed by atoms with E-state index in [-0.39, 0.29) is 23.2 Å². The average Bonchev–Trinajstić information content (AvgIpc) is 3.36. The molecule has 16 heteroatoms. The van der Waals surface area contributed by atoms with Gasteiger partial charge in [0.1, 0.15) is 22.6 Å². The van der Waals surface area contributed by atoms with Crippen LogP contribution in [0.25, 0.3) is 0 Å². The minimum Gasteiger partial charge on any atom is -0.465 e. The number of benzene rings is 2. The second-order valence-electron chi connectivity index (χ2n) is 13.4. The number of carbonyl (C=O) groups excluding carboxylic acids is 3. The molecule has 0 spiro atoms. The minimum absolute atomic E-state index is 0.0941. The van der Waals surface area contributed by atoms with Crippen LogP contribution in [0.15, 0.2) is 70.9 Å². The lowest BCUT2D eigenvalue weighted by atomic mass is 9.96. The fourth-order valence-electron chi connectivity index (χ4n) is 4.76. The number of rotatable bonds is 10. The van der Waals surface area contributed by atoms with Gasteiger partial charge in [0.15, 0.2) is 11.0 Å². The van der Waals surface area contributed by atoms with Crippen molar-refractivity contribution in [3.05, 3.63) is 77.1 Å². The number of ether oxygens (including phenoxy) is 3. The Morgan fingerprint density at radius 3 is 2.29 bits per heavy atom. The summed E-state index contributed by atoms with van der Waals surface area (Å²) in [5, 5.41) is 12.9. The highest BCUT2D eigenvalue weighted by molar-refractivity contribution is 7.99. The van der Waals surface area contributed by atoms with Gasteiger partial charge >= 0.3 is 24.1 Å². The van der Waals surface area contributed by atoms with Gasteiger partial charge in [0, 0.05) is 25.1 Å². The first kappa shape index (κ1) is 41.9. The third kappa shape index (κ3) is 11.2. The topological polar surface area (TPSA) is 137 Å². The van der Waals surface area contributed by atoms with Crippen molar-refractivity contribution in [1.29, 1.82) is 5.26 Å². The molecule has 3 aromatic rings. The van der Waals surface area contributed by atoms with Crippen molar-refractivity contribution < 1.29 is 41.8 Å². The highest BCUT2D eigenvalue weighted by Crippen LogP contribution is 2.60. The molecule has 1 aliphatic rings. The molecule has 2 aromatic carbocycles. The quantitative estimate of drug-likeness (QED) is 0.147. The van der Waals surface area contributed by atoms with E-state index in [0.717, 1.165) is 17.8 Å². The number of esters is 2. The highest BCUT2D eigenvalue weighted by Gasteiger charge is 2.62. The minimum atomic E-state index is -4.68. The number of halogens is 4. The number of nitrogens with zero attached hydrogens (tertiary/aromatic N) is 5. The van der Waals surface area contributed by atoms with Crippen LogP contribution in [0.4, 0.5) is 18.0 Å². The number of carbonyl (C=O) groups is 3. The Morgan fingerprint density at radius 2 is 1.73 bits per heavy atom. The maximum atomic E-state index is 12.7. The maximum Gasteiger partial charge on any atom is 0.426 e. The molecule has 1 fully saturated rings. The van der Waals surface area contributed by atoms with Crippen LogP contribution in [-0.2, 0) is 24.5 Å². The van der Waals surface area contributed by atoms with Crippen molar-refractivity contribution in [2.45, 2.75) is 64.4 Å². The molecule has 1 unspecified atom stereocenters. The van der Waals surface area contributed by atoms with E-state index in [1.54, 1.807) is 71.3 Å². The second kappa shape index (κ2) is 17.3. The summed E-state index contributed by atoms with van der Waals surface area (Å²) >= 11 is 6.46. The van der Waals surface area contributed by atoms with Gasteiger partial charge < -0.3 is 19.1 Å². The summed E-state index contributed by atoms with van der Waals surface area (Å²) in [5.41, 5.74) is -0.652. The van der Waals surface area contributed by atoms with Gasteiger partial charge in [-0.3, -0.25) is 9.59 Å². The van der Waals surface area contributed by atoms with Crippen LogP contribution in [-0.4, -0.2) is 70.3 Å². The summed E-state index contributed by atoms with van der Waals surface area (Å²) in [4.78, 5) is 42.0. The van der Waals surface area contributed by atoms with Crippen LogP contribution in [0.5, 0.6) is 11.5 Å². The van der Waals surface area contributed by atoms with Gasteiger partial charge in [-0.1, -0.05) is 94.4 Å². The zero-order valence-electron chi connectivity index (χ0n) is 30.0. The Labute approximate surface area is 310 Å². The first-order valence-electron chi connectivity index (χ1n) is 16.1. The highest BCUT2D eigenvalue weighted by atomic mass is 35.5. The first-order valence-corrected chi connectivity index (χ1v) is 17.4. The third-order valence-corrected chi connectivity index (χ3v) is 8.93. The van der Waals surface area contributed by atoms with Gasteiger partial charge in [0.05, 0.1) is 18.3 Å².